The first-order valence-electron chi connectivity index (χ1n) is 3.93. The van der Waals surface area contributed by atoms with Crippen molar-refractivity contribution < 1.29 is 13.2 Å². The predicted octanol–water partition coefficient (Wildman–Crippen LogP) is 0.321. The van der Waals surface area contributed by atoms with Crippen LogP contribution in [0.4, 0.5) is 0 Å². The van der Waals surface area contributed by atoms with Crippen molar-refractivity contribution in [1.82, 2.24) is 5.32 Å². The van der Waals surface area contributed by atoms with Gasteiger partial charge in [-0.25, -0.2) is 8.42 Å². The molecule has 4 nitrogen and oxygen atoms in total. The number of hydrogen-bond donors (Lipinski definition) is 1. The summed E-state index contributed by atoms with van der Waals surface area (Å²) in [7, 11) is -3.21. The van der Waals surface area contributed by atoms with Crippen LogP contribution in [0.2, 0.25) is 0 Å². The first-order chi connectivity index (χ1) is 5.85. The molecule has 1 amide bonds. The zero-order chi connectivity index (χ0) is 10.5. The number of carbonyl (C=O) groups excluding carboxylic acids is 1. The Balaban J connectivity index is 3.77. The van der Waals surface area contributed by atoms with Gasteiger partial charge in [0.15, 0.2) is 9.84 Å². The Morgan fingerprint density at radius 3 is 2.46 bits per heavy atom. The van der Waals surface area contributed by atoms with Gasteiger partial charge >= 0.3 is 0 Å². The lowest BCUT2D eigenvalue weighted by Crippen LogP contribution is -2.33. The summed E-state index contributed by atoms with van der Waals surface area (Å²) in [5.41, 5.74) is 0. The van der Waals surface area contributed by atoms with Gasteiger partial charge in [0, 0.05) is 17.6 Å². The fraction of sp³-hybridized carbons (Fsp3) is 0.857. The van der Waals surface area contributed by atoms with Gasteiger partial charge in [-0.1, -0.05) is 22.9 Å². The molecule has 0 saturated carbocycles. The van der Waals surface area contributed by atoms with Crippen LogP contribution in [0.1, 0.15) is 13.3 Å². The predicted molar refractivity (Wildman–Crippen MR) is 55.7 cm³/mol. The molecule has 0 aromatic rings. The highest BCUT2D eigenvalue weighted by Gasteiger charge is 2.11. The molecule has 0 aliphatic heterocycles. The third kappa shape index (κ3) is 8.24. The fourth-order valence-electron chi connectivity index (χ4n) is 0.658. The highest BCUT2D eigenvalue weighted by molar-refractivity contribution is 9.09. The molecule has 0 aromatic heterocycles. The molecule has 0 rings (SSSR count). The van der Waals surface area contributed by atoms with Gasteiger partial charge < -0.3 is 5.32 Å². The molecule has 0 spiro atoms. The van der Waals surface area contributed by atoms with Gasteiger partial charge in [0.05, 0.1) is 0 Å². The summed E-state index contributed by atoms with van der Waals surface area (Å²) in [5, 5.41) is 2.52. The Morgan fingerprint density at radius 2 is 2.08 bits per heavy atom. The maximum atomic E-state index is 11.0. The highest BCUT2D eigenvalue weighted by Crippen LogP contribution is 2.01. The molecule has 6 heteroatoms. The van der Waals surface area contributed by atoms with Crippen LogP contribution in [0.25, 0.3) is 0 Å². The lowest BCUT2D eigenvalue weighted by molar-refractivity contribution is -0.118. The van der Waals surface area contributed by atoms with Gasteiger partial charge in [-0.3, -0.25) is 4.79 Å². The minimum atomic E-state index is -3.21. The second kappa shape index (κ2) is 5.59. The summed E-state index contributed by atoms with van der Waals surface area (Å²) in [4.78, 5) is 11.2. The maximum absolute atomic E-state index is 11.0. The molecule has 1 atom stereocenters. The molecule has 0 bridgehead atoms. The Kier molecular flexibility index (Phi) is 5.55. The van der Waals surface area contributed by atoms with Crippen LogP contribution in [0.5, 0.6) is 0 Å². The van der Waals surface area contributed by atoms with Crippen molar-refractivity contribution in [3.8, 4) is 0 Å². The average Bonchev–Trinajstić information content (AvgIpc) is 1.97. The highest BCUT2D eigenvalue weighted by atomic mass is 79.9. The summed E-state index contributed by atoms with van der Waals surface area (Å²) in [5.74, 6) is -0.878. The fourth-order valence-corrected chi connectivity index (χ4v) is 1.40. The summed E-state index contributed by atoms with van der Waals surface area (Å²) >= 11 is 3.32. The Hall–Kier alpha value is -0.100. The van der Waals surface area contributed by atoms with Crippen LogP contribution >= 0.6 is 15.9 Å². The van der Waals surface area contributed by atoms with E-state index in [0.717, 1.165) is 12.7 Å². The van der Waals surface area contributed by atoms with Gasteiger partial charge in [-0.05, 0) is 6.42 Å². The number of amides is 1. The summed E-state index contributed by atoms with van der Waals surface area (Å²) < 4.78 is 21.4. The standard InChI is InChI=1S/C7H14BrNO3S/c1-3-6(8)4-9-7(10)5-13(2,11)12/h6H,3-5H2,1-2H3,(H,9,10). The monoisotopic (exact) mass is 271 g/mol. The first-order valence-corrected chi connectivity index (χ1v) is 6.91. The molecule has 0 saturated heterocycles. The normalized spacial score (nSPS) is 13.8. The van der Waals surface area contributed by atoms with Gasteiger partial charge in [-0.2, -0.15) is 0 Å². The van der Waals surface area contributed by atoms with Crippen LogP contribution in [0.15, 0.2) is 0 Å². The Morgan fingerprint density at radius 1 is 1.54 bits per heavy atom. The van der Waals surface area contributed by atoms with Crippen LogP contribution in [-0.4, -0.2) is 37.7 Å². The van der Waals surface area contributed by atoms with E-state index >= 15 is 0 Å². The lowest BCUT2D eigenvalue weighted by Gasteiger charge is -2.07. The second-order valence-corrected chi connectivity index (χ2v) is 6.31. The van der Waals surface area contributed by atoms with Crippen LogP contribution in [0, 0.1) is 0 Å². The van der Waals surface area contributed by atoms with Crippen LogP contribution in [-0.2, 0) is 14.6 Å². The number of alkyl halides is 1. The van der Waals surface area contributed by atoms with E-state index in [1.807, 2.05) is 6.92 Å². The quantitative estimate of drug-likeness (QED) is 0.733. The zero-order valence-corrected chi connectivity index (χ0v) is 10.1. The molecule has 0 aliphatic rings. The Bertz CT molecular complexity index is 263. The van der Waals surface area contributed by atoms with E-state index in [2.05, 4.69) is 21.2 Å². The molecule has 0 fully saturated rings. The molecule has 0 aromatic carbocycles. The van der Waals surface area contributed by atoms with E-state index in [-0.39, 0.29) is 4.83 Å². The lowest BCUT2D eigenvalue weighted by atomic mass is 10.3. The second-order valence-electron chi connectivity index (χ2n) is 2.88. The molecule has 1 unspecified atom stereocenters. The molecule has 78 valence electrons. The van der Waals surface area contributed by atoms with E-state index in [1.54, 1.807) is 0 Å². The van der Waals surface area contributed by atoms with E-state index in [9.17, 15) is 13.2 Å². The number of sulfone groups is 1. The molecule has 1 N–H and O–H groups in total. The first kappa shape index (κ1) is 12.9. The van der Waals surface area contributed by atoms with E-state index in [0.29, 0.717) is 6.54 Å². The average molecular weight is 272 g/mol. The number of hydrogen-bond acceptors (Lipinski definition) is 3. The number of rotatable bonds is 5. The molecule has 13 heavy (non-hydrogen) atoms. The molecule has 0 aliphatic carbocycles. The van der Waals surface area contributed by atoms with Crippen molar-refractivity contribution in [2.45, 2.75) is 18.2 Å². The number of carbonyl (C=O) groups is 1. The number of halogens is 1. The number of nitrogens with one attached hydrogen (secondary N) is 1. The summed E-state index contributed by atoms with van der Waals surface area (Å²) in [6.07, 6.45) is 1.93. The van der Waals surface area contributed by atoms with E-state index in [4.69, 9.17) is 0 Å². The van der Waals surface area contributed by atoms with Crippen molar-refractivity contribution in [2.24, 2.45) is 0 Å². The molecular formula is C7H14BrNO3S. The third-order valence-corrected chi connectivity index (χ3v) is 3.11. The third-order valence-electron chi connectivity index (χ3n) is 1.36. The van der Waals surface area contributed by atoms with Crippen molar-refractivity contribution >= 4 is 31.7 Å². The minimum absolute atomic E-state index is 0.205. The van der Waals surface area contributed by atoms with Crippen molar-refractivity contribution in [2.75, 3.05) is 18.6 Å². The van der Waals surface area contributed by atoms with Gasteiger partial charge in [0.25, 0.3) is 0 Å². The zero-order valence-electron chi connectivity index (χ0n) is 7.71. The van der Waals surface area contributed by atoms with Gasteiger partial charge in [-0.15, -0.1) is 0 Å². The Labute approximate surface area is 87.1 Å². The maximum Gasteiger partial charge on any atom is 0.235 e. The summed E-state index contributed by atoms with van der Waals surface area (Å²) in [6, 6.07) is 0. The van der Waals surface area contributed by atoms with Crippen LogP contribution < -0.4 is 5.32 Å². The molecular weight excluding hydrogens is 258 g/mol. The SMILES string of the molecule is CCC(Br)CNC(=O)CS(C)(=O)=O. The molecule has 0 radical (unpaired) electrons. The minimum Gasteiger partial charge on any atom is -0.354 e. The van der Waals surface area contributed by atoms with Crippen molar-refractivity contribution in [1.29, 1.82) is 0 Å². The van der Waals surface area contributed by atoms with Crippen LogP contribution in [0.3, 0.4) is 0 Å². The van der Waals surface area contributed by atoms with Gasteiger partial charge in [0.1, 0.15) is 5.75 Å². The van der Waals surface area contributed by atoms with Crippen molar-refractivity contribution in [3.05, 3.63) is 0 Å². The molecule has 0 heterocycles. The van der Waals surface area contributed by atoms with Gasteiger partial charge in [0.2, 0.25) is 5.91 Å². The smallest absolute Gasteiger partial charge is 0.235 e. The summed E-state index contributed by atoms with van der Waals surface area (Å²) in [6.45, 7) is 2.44. The van der Waals surface area contributed by atoms with E-state index < -0.39 is 21.5 Å². The largest absolute Gasteiger partial charge is 0.354 e. The topological polar surface area (TPSA) is 63.2 Å². The van der Waals surface area contributed by atoms with E-state index in [1.165, 1.54) is 0 Å². The van der Waals surface area contributed by atoms with Crippen molar-refractivity contribution in [3.63, 3.8) is 0 Å².